The van der Waals surface area contributed by atoms with Gasteiger partial charge in [-0.3, -0.25) is 4.79 Å². The van der Waals surface area contributed by atoms with Gasteiger partial charge in [-0.25, -0.2) is 0 Å². The Morgan fingerprint density at radius 1 is 1.39 bits per heavy atom. The van der Waals surface area contributed by atoms with E-state index in [9.17, 15) is 4.79 Å². The van der Waals surface area contributed by atoms with Crippen LogP contribution in [0.25, 0.3) is 0 Å². The van der Waals surface area contributed by atoms with E-state index in [4.69, 9.17) is 10.5 Å². The molecule has 0 saturated carbocycles. The molecule has 1 aromatic rings. The Morgan fingerprint density at radius 3 is 2.56 bits per heavy atom. The van der Waals surface area contributed by atoms with Gasteiger partial charge in [-0.2, -0.15) is 0 Å². The quantitative estimate of drug-likeness (QED) is 0.661. The average Bonchev–Trinajstić information content (AvgIpc) is 2.30. The number of rotatable bonds is 5. The summed E-state index contributed by atoms with van der Waals surface area (Å²) in [4.78, 5) is 13.4. The fourth-order valence-electron chi connectivity index (χ4n) is 1.60. The van der Waals surface area contributed by atoms with E-state index in [0.717, 1.165) is 23.5 Å². The Kier molecular flexibility index (Phi) is 7.20. The summed E-state index contributed by atoms with van der Waals surface area (Å²) in [6.07, 6.45) is 0. The lowest BCUT2D eigenvalue weighted by Crippen LogP contribution is -2.30. The van der Waals surface area contributed by atoms with Crippen LogP contribution in [0.2, 0.25) is 0 Å². The second-order valence-corrected chi connectivity index (χ2v) is 3.86. The number of aryl methyl sites for hydroxylation is 1. The molecule has 0 saturated heterocycles. The van der Waals surface area contributed by atoms with E-state index in [1.165, 1.54) is 0 Å². The van der Waals surface area contributed by atoms with Crippen LogP contribution in [-0.2, 0) is 9.53 Å². The molecule has 0 radical (unpaired) electrons. The summed E-state index contributed by atoms with van der Waals surface area (Å²) in [6, 6.07) is 5.77. The summed E-state index contributed by atoms with van der Waals surface area (Å²) in [5.74, 6) is -0.205. The number of nitrogens with zero attached hydrogens (tertiary/aromatic N) is 1. The van der Waals surface area contributed by atoms with Crippen LogP contribution in [0.4, 0.5) is 11.4 Å². The van der Waals surface area contributed by atoms with Crippen LogP contribution < -0.4 is 10.6 Å². The molecule has 18 heavy (non-hydrogen) atoms. The number of nitrogens with two attached hydrogens (primary N) is 1. The van der Waals surface area contributed by atoms with Crippen LogP contribution in [0.5, 0.6) is 0 Å². The molecule has 0 heterocycles. The first-order chi connectivity index (χ1) is 8.08. The number of nitrogen functional groups attached to an aromatic ring is 1. The van der Waals surface area contributed by atoms with E-state index in [2.05, 4.69) is 0 Å². The lowest BCUT2D eigenvalue weighted by Gasteiger charge is -2.22. The molecular weight excluding hydrogens is 252 g/mol. The van der Waals surface area contributed by atoms with Crippen molar-refractivity contribution in [2.24, 2.45) is 0 Å². The predicted molar refractivity (Wildman–Crippen MR) is 77.4 cm³/mol. The van der Waals surface area contributed by atoms with Gasteiger partial charge in [0.15, 0.2) is 0 Å². The number of ether oxygens (including phenoxy) is 1. The summed E-state index contributed by atoms with van der Waals surface area (Å²) in [7, 11) is 0. The Labute approximate surface area is 115 Å². The predicted octanol–water partition coefficient (Wildman–Crippen LogP) is 2.39. The standard InChI is InChI=1S/C13H20N2O2.ClH/c1-4-15(9-13(16)17-5-2)11-6-7-12(14)10(3)8-11;/h6-8H,4-5,9,14H2,1-3H3;1H. The molecule has 0 aliphatic heterocycles. The van der Waals surface area contributed by atoms with Crippen LogP contribution >= 0.6 is 12.4 Å². The van der Waals surface area contributed by atoms with Crippen LogP contribution in [0, 0.1) is 6.92 Å². The van der Waals surface area contributed by atoms with E-state index in [0.29, 0.717) is 6.61 Å². The Hall–Kier alpha value is -1.42. The number of benzene rings is 1. The minimum atomic E-state index is -0.205. The van der Waals surface area contributed by atoms with E-state index in [1.54, 1.807) is 0 Å². The summed E-state index contributed by atoms with van der Waals surface area (Å²) < 4.78 is 4.94. The van der Waals surface area contributed by atoms with Crippen LogP contribution in [0.15, 0.2) is 18.2 Å². The summed E-state index contributed by atoms with van der Waals surface area (Å²) in [5.41, 5.74) is 8.55. The third kappa shape index (κ3) is 4.45. The maximum absolute atomic E-state index is 11.4. The molecule has 0 bridgehead atoms. The van der Waals surface area contributed by atoms with Crippen molar-refractivity contribution in [3.63, 3.8) is 0 Å². The van der Waals surface area contributed by atoms with Crippen molar-refractivity contribution in [3.05, 3.63) is 23.8 Å². The Balaban J connectivity index is 0.00000289. The number of halogens is 1. The SMILES string of the molecule is CCOC(=O)CN(CC)c1ccc(N)c(C)c1.Cl. The van der Waals surface area contributed by atoms with Crippen LogP contribution in [0.3, 0.4) is 0 Å². The summed E-state index contributed by atoms with van der Waals surface area (Å²) in [5, 5.41) is 0. The smallest absolute Gasteiger partial charge is 0.325 e. The van der Waals surface area contributed by atoms with Crippen molar-refractivity contribution in [3.8, 4) is 0 Å². The maximum atomic E-state index is 11.4. The van der Waals surface area contributed by atoms with Gasteiger partial charge < -0.3 is 15.4 Å². The third-order valence-corrected chi connectivity index (χ3v) is 2.63. The first kappa shape index (κ1) is 16.6. The highest BCUT2D eigenvalue weighted by molar-refractivity contribution is 5.85. The Morgan fingerprint density at radius 2 is 2.06 bits per heavy atom. The highest BCUT2D eigenvalue weighted by atomic mass is 35.5. The molecular formula is C13H21ClN2O2. The van der Waals surface area contributed by atoms with Crippen LogP contribution in [-0.4, -0.2) is 25.7 Å². The number of carbonyl (C=O) groups is 1. The number of carbonyl (C=O) groups excluding carboxylic acids is 1. The fourth-order valence-corrected chi connectivity index (χ4v) is 1.60. The van der Waals surface area contributed by atoms with Crippen molar-refractivity contribution in [2.45, 2.75) is 20.8 Å². The molecule has 0 spiro atoms. The van der Waals surface area contributed by atoms with E-state index < -0.39 is 0 Å². The van der Waals surface area contributed by atoms with Gasteiger partial charge in [0.2, 0.25) is 0 Å². The number of anilines is 2. The summed E-state index contributed by atoms with van der Waals surface area (Å²) in [6.45, 7) is 7.20. The van der Waals surface area contributed by atoms with Gasteiger partial charge in [-0.05, 0) is 44.5 Å². The maximum Gasteiger partial charge on any atom is 0.325 e. The first-order valence-corrected chi connectivity index (χ1v) is 5.85. The Bertz CT molecular complexity index is 397. The zero-order valence-corrected chi connectivity index (χ0v) is 11.9. The molecule has 1 aromatic carbocycles. The van der Waals surface area contributed by atoms with Gasteiger partial charge in [0.25, 0.3) is 0 Å². The first-order valence-electron chi connectivity index (χ1n) is 5.85. The topological polar surface area (TPSA) is 55.6 Å². The minimum Gasteiger partial charge on any atom is -0.465 e. The van der Waals surface area contributed by atoms with Gasteiger partial charge in [-0.15, -0.1) is 12.4 Å². The molecule has 0 fully saturated rings. The molecule has 1 rings (SSSR count). The average molecular weight is 273 g/mol. The fraction of sp³-hybridized carbons (Fsp3) is 0.462. The molecule has 102 valence electrons. The molecule has 4 nitrogen and oxygen atoms in total. The molecule has 0 aliphatic carbocycles. The molecule has 0 aliphatic rings. The van der Waals surface area contributed by atoms with E-state index >= 15 is 0 Å². The molecule has 0 atom stereocenters. The second-order valence-electron chi connectivity index (χ2n) is 3.86. The van der Waals surface area contributed by atoms with Gasteiger partial charge in [0, 0.05) is 17.9 Å². The zero-order chi connectivity index (χ0) is 12.8. The third-order valence-electron chi connectivity index (χ3n) is 2.63. The van der Waals surface area contributed by atoms with Crippen LogP contribution in [0.1, 0.15) is 19.4 Å². The second kappa shape index (κ2) is 7.82. The van der Waals surface area contributed by atoms with Crippen molar-refractivity contribution in [1.82, 2.24) is 0 Å². The lowest BCUT2D eigenvalue weighted by atomic mass is 10.1. The number of hydrogen-bond donors (Lipinski definition) is 1. The highest BCUT2D eigenvalue weighted by Crippen LogP contribution is 2.20. The number of likely N-dealkylation sites (N-methyl/N-ethyl adjacent to an activating group) is 1. The largest absolute Gasteiger partial charge is 0.465 e. The molecule has 5 heteroatoms. The van der Waals surface area contributed by atoms with E-state index in [-0.39, 0.29) is 24.9 Å². The number of esters is 1. The zero-order valence-electron chi connectivity index (χ0n) is 11.1. The van der Waals surface area contributed by atoms with Gasteiger partial charge in [0.05, 0.1) is 6.61 Å². The van der Waals surface area contributed by atoms with Gasteiger partial charge in [0.1, 0.15) is 6.54 Å². The van der Waals surface area contributed by atoms with Gasteiger partial charge in [-0.1, -0.05) is 0 Å². The normalized spacial score (nSPS) is 9.50. The monoisotopic (exact) mass is 272 g/mol. The molecule has 0 aromatic heterocycles. The molecule has 0 unspecified atom stereocenters. The van der Waals surface area contributed by atoms with E-state index in [1.807, 2.05) is 43.9 Å². The number of hydrogen-bond acceptors (Lipinski definition) is 4. The van der Waals surface area contributed by atoms with Crippen molar-refractivity contribution in [1.29, 1.82) is 0 Å². The minimum absolute atomic E-state index is 0. The van der Waals surface area contributed by atoms with Gasteiger partial charge >= 0.3 is 5.97 Å². The highest BCUT2D eigenvalue weighted by Gasteiger charge is 2.11. The van der Waals surface area contributed by atoms with Crippen molar-refractivity contribution in [2.75, 3.05) is 30.3 Å². The molecule has 2 N–H and O–H groups in total. The lowest BCUT2D eigenvalue weighted by molar-refractivity contribution is -0.141. The molecule has 0 amide bonds. The van der Waals surface area contributed by atoms with Crippen molar-refractivity contribution < 1.29 is 9.53 Å². The summed E-state index contributed by atoms with van der Waals surface area (Å²) >= 11 is 0. The van der Waals surface area contributed by atoms with Crippen molar-refractivity contribution >= 4 is 29.8 Å².